The van der Waals surface area contributed by atoms with Gasteiger partial charge in [0.25, 0.3) is 0 Å². The first-order valence-electron chi connectivity index (χ1n) is 15.7. The minimum absolute atomic E-state index is 1.27. The van der Waals surface area contributed by atoms with Crippen LogP contribution in [0.3, 0.4) is 0 Å². The van der Waals surface area contributed by atoms with E-state index in [1.54, 1.807) is 0 Å². The molecule has 0 spiro atoms. The molecule has 11 rings (SSSR count). The Balaban J connectivity index is 1.44. The average molecular weight is 568 g/mol. The van der Waals surface area contributed by atoms with Crippen molar-refractivity contribution in [2.75, 3.05) is 0 Å². The third kappa shape index (κ3) is 2.89. The van der Waals surface area contributed by atoms with Gasteiger partial charge in [-0.05, 0) is 60.3 Å². The predicted octanol–water partition coefficient (Wildman–Crippen LogP) is 12.3. The second-order valence-electron chi connectivity index (χ2n) is 12.4. The van der Waals surface area contributed by atoms with Crippen LogP contribution < -0.4 is 0 Å². The number of aromatic nitrogens is 1. The van der Waals surface area contributed by atoms with Crippen LogP contribution in [-0.4, -0.2) is 4.40 Å². The van der Waals surface area contributed by atoms with Crippen molar-refractivity contribution in [3.8, 4) is 11.1 Å². The monoisotopic (exact) mass is 567 g/mol. The van der Waals surface area contributed by atoms with Crippen LogP contribution in [0, 0.1) is 0 Å². The molecule has 0 fully saturated rings. The standard InChI is InChI=1S/C44H25N/c1-3-12-28-26(10-1)22-24-32-30(28)15-7-16-31(32)34-17-8-19-37-40(34)36-25-23-27-11-2-4-13-29(27)41(36)42-38-20-9-18-35-33-14-5-6-21-39(33)45(43(35)38)44(37)42/h1-25H. The summed E-state index contributed by atoms with van der Waals surface area (Å²) in [4.78, 5) is 0. The van der Waals surface area contributed by atoms with Crippen molar-refractivity contribution >= 4 is 92.0 Å². The molecular formula is C44H25N. The summed E-state index contributed by atoms with van der Waals surface area (Å²) < 4.78 is 2.55. The van der Waals surface area contributed by atoms with Gasteiger partial charge in [-0.3, -0.25) is 0 Å². The molecule has 0 amide bonds. The third-order valence-corrected chi connectivity index (χ3v) is 10.3. The second-order valence-corrected chi connectivity index (χ2v) is 12.4. The van der Waals surface area contributed by atoms with Crippen LogP contribution in [0.1, 0.15) is 0 Å². The molecule has 0 bridgehead atoms. The summed E-state index contributed by atoms with van der Waals surface area (Å²) in [6.45, 7) is 0. The average Bonchev–Trinajstić information content (AvgIpc) is 3.64. The Morgan fingerprint density at radius 1 is 0.267 bits per heavy atom. The Morgan fingerprint density at radius 3 is 1.69 bits per heavy atom. The Morgan fingerprint density at radius 2 is 0.844 bits per heavy atom. The Kier molecular flexibility index (Phi) is 4.38. The Labute approximate surface area is 258 Å². The van der Waals surface area contributed by atoms with E-state index in [1.807, 2.05) is 0 Å². The van der Waals surface area contributed by atoms with Gasteiger partial charge in [-0.25, -0.2) is 0 Å². The topological polar surface area (TPSA) is 4.41 Å². The maximum absolute atomic E-state index is 2.55. The molecule has 0 aliphatic rings. The van der Waals surface area contributed by atoms with E-state index in [-0.39, 0.29) is 0 Å². The van der Waals surface area contributed by atoms with Crippen molar-refractivity contribution in [3.63, 3.8) is 0 Å². The molecule has 2 heterocycles. The molecule has 0 aliphatic carbocycles. The molecule has 206 valence electrons. The van der Waals surface area contributed by atoms with Gasteiger partial charge in [0.15, 0.2) is 0 Å². The van der Waals surface area contributed by atoms with Gasteiger partial charge in [0.1, 0.15) is 0 Å². The van der Waals surface area contributed by atoms with Gasteiger partial charge in [0, 0.05) is 32.3 Å². The lowest BCUT2D eigenvalue weighted by Gasteiger charge is -2.17. The fraction of sp³-hybridized carbons (Fsp3) is 0. The fourth-order valence-electron chi connectivity index (χ4n) is 8.49. The number of nitrogens with zero attached hydrogens (tertiary/aromatic N) is 1. The zero-order valence-corrected chi connectivity index (χ0v) is 24.4. The minimum Gasteiger partial charge on any atom is -0.307 e. The van der Waals surface area contributed by atoms with Crippen LogP contribution in [0.5, 0.6) is 0 Å². The van der Waals surface area contributed by atoms with Gasteiger partial charge in [-0.15, -0.1) is 0 Å². The van der Waals surface area contributed by atoms with E-state index >= 15 is 0 Å². The van der Waals surface area contributed by atoms with Crippen LogP contribution in [-0.2, 0) is 0 Å². The van der Waals surface area contributed by atoms with Crippen LogP contribution in [0.4, 0.5) is 0 Å². The van der Waals surface area contributed by atoms with Gasteiger partial charge < -0.3 is 4.40 Å². The van der Waals surface area contributed by atoms with Gasteiger partial charge in [0.05, 0.1) is 16.6 Å². The molecule has 1 nitrogen and oxygen atoms in total. The zero-order chi connectivity index (χ0) is 29.2. The molecule has 2 aromatic heterocycles. The smallest absolute Gasteiger partial charge is 0.0626 e. The molecule has 0 aliphatic heterocycles. The summed E-state index contributed by atoms with van der Waals surface area (Å²) in [5, 5.41) is 18.3. The summed E-state index contributed by atoms with van der Waals surface area (Å²) in [5.41, 5.74) is 6.43. The molecule has 1 heteroatoms. The quantitative estimate of drug-likeness (QED) is 0.174. The molecule has 11 aromatic rings. The summed E-state index contributed by atoms with van der Waals surface area (Å²) in [7, 11) is 0. The molecule has 0 N–H and O–H groups in total. The number of benzene rings is 9. The van der Waals surface area contributed by atoms with Crippen molar-refractivity contribution in [2.45, 2.75) is 0 Å². The highest BCUT2D eigenvalue weighted by atomic mass is 14.9. The normalized spacial score (nSPS) is 12.4. The molecule has 0 atom stereocenters. The van der Waals surface area contributed by atoms with E-state index < -0.39 is 0 Å². The van der Waals surface area contributed by atoms with E-state index in [1.165, 1.54) is 103 Å². The predicted molar refractivity (Wildman–Crippen MR) is 194 cm³/mol. The van der Waals surface area contributed by atoms with Crippen molar-refractivity contribution in [1.82, 2.24) is 4.40 Å². The molecule has 0 unspecified atom stereocenters. The number of hydrogen-bond acceptors (Lipinski definition) is 0. The highest BCUT2D eigenvalue weighted by Crippen LogP contribution is 2.49. The summed E-state index contributed by atoms with van der Waals surface area (Å²) in [6.07, 6.45) is 0. The lowest BCUT2D eigenvalue weighted by molar-refractivity contribution is 1.38. The molecule has 0 radical (unpaired) electrons. The third-order valence-electron chi connectivity index (χ3n) is 10.3. The van der Waals surface area contributed by atoms with E-state index in [0.29, 0.717) is 0 Å². The van der Waals surface area contributed by atoms with Gasteiger partial charge in [-0.1, -0.05) is 146 Å². The van der Waals surface area contributed by atoms with E-state index in [0.717, 1.165) is 0 Å². The number of fused-ring (bicyclic) bond motifs is 16. The first kappa shape index (κ1) is 23.5. The molecule has 45 heavy (non-hydrogen) atoms. The summed E-state index contributed by atoms with van der Waals surface area (Å²) in [6, 6.07) is 56.4. The molecular weight excluding hydrogens is 542 g/mol. The SMILES string of the molecule is c1ccc2c(c1)ccc1c(-c3cccc4c3c3ccc5ccccc5c3c3c5cccc6c7ccccc7n(c65)c43)cccc12. The molecule has 0 saturated carbocycles. The number of rotatable bonds is 1. The van der Waals surface area contributed by atoms with Crippen LogP contribution in [0.2, 0.25) is 0 Å². The zero-order valence-electron chi connectivity index (χ0n) is 24.4. The largest absolute Gasteiger partial charge is 0.307 e. The van der Waals surface area contributed by atoms with Crippen molar-refractivity contribution in [1.29, 1.82) is 0 Å². The van der Waals surface area contributed by atoms with Crippen molar-refractivity contribution < 1.29 is 0 Å². The van der Waals surface area contributed by atoms with E-state index in [9.17, 15) is 0 Å². The molecule has 0 saturated heterocycles. The first-order valence-corrected chi connectivity index (χ1v) is 15.7. The van der Waals surface area contributed by atoms with Gasteiger partial charge in [-0.2, -0.15) is 0 Å². The van der Waals surface area contributed by atoms with Crippen LogP contribution in [0.25, 0.3) is 103 Å². The van der Waals surface area contributed by atoms with Crippen molar-refractivity contribution in [2.24, 2.45) is 0 Å². The molecule has 9 aromatic carbocycles. The Hall–Kier alpha value is -5.92. The first-order chi connectivity index (χ1) is 22.4. The number of hydrogen-bond donors (Lipinski definition) is 0. The maximum atomic E-state index is 2.55. The number of para-hydroxylation sites is 2. The van der Waals surface area contributed by atoms with Crippen molar-refractivity contribution in [3.05, 3.63) is 152 Å². The lowest BCUT2D eigenvalue weighted by Crippen LogP contribution is -1.90. The second kappa shape index (κ2) is 8.37. The summed E-state index contributed by atoms with van der Waals surface area (Å²) >= 11 is 0. The van der Waals surface area contributed by atoms with E-state index in [2.05, 4.69) is 156 Å². The van der Waals surface area contributed by atoms with Gasteiger partial charge >= 0.3 is 0 Å². The minimum atomic E-state index is 1.27. The highest BCUT2D eigenvalue weighted by Gasteiger charge is 2.24. The van der Waals surface area contributed by atoms with Crippen LogP contribution in [0.15, 0.2) is 152 Å². The maximum Gasteiger partial charge on any atom is 0.0626 e. The summed E-state index contributed by atoms with van der Waals surface area (Å²) in [5.74, 6) is 0. The Bertz CT molecular complexity index is 3030. The fourth-order valence-corrected chi connectivity index (χ4v) is 8.49. The van der Waals surface area contributed by atoms with E-state index in [4.69, 9.17) is 0 Å². The van der Waals surface area contributed by atoms with Crippen LogP contribution >= 0.6 is 0 Å². The van der Waals surface area contributed by atoms with Gasteiger partial charge in [0.2, 0.25) is 0 Å². The lowest BCUT2D eigenvalue weighted by atomic mass is 9.87. The highest BCUT2D eigenvalue weighted by molar-refractivity contribution is 6.40.